The first kappa shape index (κ1) is 19.7. The van der Waals surface area contributed by atoms with E-state index in [0.717, 1.165) is 44.5 Å². The smallest absolute Gasteiger partial charge is 0.123 e. The van der Waals surface area contributed by atoms with Crippen LogP contribution in [0.2, 0.25) is 0 Å². The lowest BCUT2D eigenvalue weighted by Crippen LogP contribution is -1.85. The van der Waals surface area contributed by atoms with Gasteiger partial charge in [0.2, 0.25) is 0 Å². The number of hydrogen-bond acceptors (Lipinski definition) is 2. The molecule has 0 fully saturated rings. The minimum absolute atomic E-state index is 0.270. The molecule has 5 aromatic rings. The van der Waals surface area contributed by atoms with Crippen LogP contribution >= 0.6 is 0 Å². The molecule has 0 aliphatic heterocycles. The Hall–Kier alpha value is -4.30. The Kier molecular flexibility index (Phi) is 5.19. The zero-order valence-corrected chi connectivity index (χ0v) is 17.4. The summed E-state index contributed by atoms with van der Waals surface area (Å²) in [6.45, 7) is 0. The van der Waals surface area contributed by atoms with Gasteiger partial charge in [-0.1, -0.05) is 91.0 Å². The monoisotopic (exact) mass is 414 g/mol. The van der Waals surface area contributed by atoms with E-state index in [1.807, 2.05) is 78.9 Å². The molecule has 32 heavy (non-hydrogen) atoms. The fourth-order valence-corrected chi connectivity index (χ4v) is 4.03. The van der Waals surface area contributed by atoms with Crippen molar-refractivity contribution in [3.63, 3.8) is 0 Å². The number of benzene rings is 5. The Labute approximate surface area is 187 Å². The fourth-order valence-electron chi connectivity index (χ4n) is 4.03. The molecule has 0 heterocycles. The quantitative estimate of drug-likeness (QED) is 0.315. The van der Waals surface area contributed by atoms with Crippen LogP contribution in [0.4, 0.5) is 0 Å². The van der Waals surface area contributed by atoms with Crippen molar-refractivity contribution in [1.82, 2.24) is 0 Å². The van der Waals surface area contributed by atoms with Crippen LogP contribution in [-0.4, -0.2) is 10.2 Å². The zero-order chi connectivity index (χ0) is 21.9. The molecule has 154 valence electrons. The molecule has 0 aliphatic rings. The maximum Gasteiger partial charge on any atom is 0.123 e. The minimum atomic E-state index is 0.270. The van der Waals surface area contributed by atoms with Gasteiger partial charge in [-0.2, -0.15) is 0 Å². The van der Waals surface area contributed by atoms with Gasteiger partial charge in [-0.3, -0.25) is 0 Å². The van der Waals surface area contributed by atoms with E-state index in [-0.39, 0.29) is 11.5 Å². The Morgan fingerprint density at radius 2 is 0.812 bits per heavy atom. The summed E-state index contributed by atoms with van der Waals surface area (Å²) in [5, 5.41) is 20.6. The summed E-state index contributed by atoms with van der Waals surface area (Å²) < 4.78 is 0. The molecule has 0 atom stereocenters. The number of rotatable bonds is 4. The maximum absolute atomic E-state index is 10.4. The predicted molar refractivity (Wildman–Crippen MR) is 132 cm³/mol. The van der Waals surface area contributed by atoms with Gasteiger partial charge in [-0.15, -0.1) is 0 Å². The predicted octanol–water partition coefficient (Wildman–Crippen LogP) is 7.77. The second-order valence-electron chi connectivity index (χ2n) is 7.78. The van der Waals surface area contributed by atoms with Crippen LogP contribution in [0.25, 0.3) is 44.5 Å². The van der Waals surface area contributed by atoms with Gasteiger partial charge in [0, 0.05) is 11.1 Å². The molecule has 0 aromatic heterocycles. The van der Waals surface area contributed by atoms with Crippen molar-refractivity contribution in [3.05, 3.63) is 121 Å². The van der Waals surface area contributed by atoms with E-state index in [1.54, 1.807) is 12.1 Å². The Morgan fingerprint density at radius 3 is 1.50 bits per heavy atom. The highest BCUT2D eigenvalue weighted by atomic mass is 16.3. The lowest BCUT2D eigenvalue weighted by Gasteiger charge is -2.11. The van der Waals surface area contributed by atoms with Gasteiger partial charge in [-0.25, -0.2) is 0 Å². The van der Waals surface area contributed by atoms with E-state index >= 15 is 0 Å². The van der Waals surface area contributed by atoms with Crippen LogP contribution in [0.15, 0.2) is 121 Å². The summed E-state index contributed by atoms with van der Waals surface area (Å²) in [7, 11) is 0. The molecule has 0 saturated carbocycles. The first-order valence-corrected chi connectivity index (χ1v) is 10.6. The Morgan fingerprint density at radius 1 is 0.312 bits per heavy atom. The van der Waals surface area contributed by atoms with Gasteiger partial charge in [0.05, 0.1) is 0 Å². The van der Waals surface area contributed by atoms with Gasteiger partial charge in [0.15, 0.2) is 0 Å². The molecular weight excluding hydrogens is 392 g/mol. The largest absolute Gasteiger partial charge is 0.507 e. The third-order valence-electron chi connectivity index (χ3n) is 5.69. The van der Waals surface area contributed by atoms with Crippen molar-refractivity contribution in [2.45, 2.75) is 0 Å². The summed E-state index contributed by atoms with van der Waals surface area (Å²) >= 11 is 0. The molecule has 0 bridgehead atoms. The summed E-state index contributed by atoms with van der Waals surface area (Å²) in [4.78, 5) is 0. The second kappa shape index (κ2) is 8.44. The molecule has 2 heteroatoms. The van der Waals surface area contributed by atoms with Crippen molar-refractivity contribution < 1.29 is 10.2 Å². The van der Waals surface area contributed by atoms with Gasteiger partial charge >= 0.3 is 0 Å². The number of para-hydroxylation sites is 1. The van der Waals surface area contributed by atoms with Crippen LogP contribution in [0.5, 0.6) is 11.5 Å². The molecule has 0 amide bonds. The van der Waals surface area contributed by atoms with E-state index in [2.05, 4.69) is 30.3 Å². The van der Waals surface area contributed by atoms with E-state index in [1.165, 1.54) is 0 Å². The zero-order valence-electron chi connectivity index (χ0n) is 17.4. The van der Waals surface area contributed by atoms with E-state index in [0.29, 0.717) is 0 Å². The first-order valence-electron chi connectivity index (χ1n) is 10.6. The average molecular weight is 415 g/mol. The summed E-state index contributed by atoms with van der Waals surface area (Å²) in [5.41, 5.74) is 7.88. The highest BCUT2D eigenvalue weighted by Gasteiger charge is 2.09. The van der Waals surface area contributed by atoms with Crippen LogP contribution < -0.4 is 0 Å². The fraction of sp³-hybridized carbons (Fsp3) is 0. The van der Waals surface area contributed by atoms with Crippen LogP contribution in [-0.2, 0) is 0 Å². The van der Waals surface area contributed by atoms with E-state index in [4.69, 9.17) is 0 Å². The van der Waals surface area contributed by atoms with Crippen molar-refractivity contribution in [3.8, 4) is 56.0 Å². The average Bonchev–Trinajstić information content (AvgIpc) is 2.85. The summed E-state index contributed by atoms with van der Waals surface area (Å²) in [6, 6.07) is 39.6. The molecule has 0 spiro atoms. The van der Waals surface area contributed by atoms with Crippen molar-refractivity contribution in [2.75, 3.05) is 0 Å². The maximum atomic E-state index is 10.4. The number of phenolic OH excluding ortho intramolecular Hbond substituents is 2. The van der Waals surface area contributed by atoms with Crippen molar-refractivity contribution in [1.29, 1.82) is 0 Å². The molecule has 5 rings (SSSR count). The Bertz CT molecular complexity index is 1390. The molecule has 2 nitrogen and oxygen atoms in total. The normalized spacial score (nSPS) is 10.8. The summed E-state index contributed by atoms with van der Waals surface area (Å²) in [5.74, 6) is 0.544. The molecular formula is C30H22O2. The third kappa shape index (κ3) is 3.86. The molecule has 5 aromatic carbocycles. The minimum Gasteiger partial charge on any atom is -0.507 e. The Balaban J connectivity index is 1.54. The molecule has 0 saturated heterocycles. The molecule has 2 N–H and O–H groups in total. The highest BCUT2D eigenvalue weighted by molar-refractivity contribution is 5.81. The van der Waals surface area contributed by atoms with Crippen LogP contribution in [0.1, 0.15) is 0 Å². The van der Waals surface area contributed by atoms with Crippen molar-refractivity contribution in [2.24, 2.45) is 0 Å². The van der Waals surface area contributed by atoms with Gasteiger partial charge in [0.25, 0.3) is 0 Å². The SMILES string of the molecule is Oc1ccccc1-c1cccc(-c2cccc(-c3ccc(O)c(-c4ccccc4)c3)c2)c1. The molecule has 0 radical (unpaired) electrons. The third-order valence-corrected chi connectivity index (χ3v) is 5.69. The number of aromatic hydroxyl groups is 2. The molecule has 0 aliphatic carbocycles. The first-order chi connectivity index (χ1) is 15.7. The summed E-state index contributed by atoms with van der Waals surface area (Å²) in [6.07, 6.45) is 0. The highest BCUT2D eigenvalue weighted by Crippen LogP contribution is 2.36. The van der Waals surface area contributed by atoms with Crippen LogP contribution in [0, 0.1) is 0 Å². The van der Waals surface area contributed by atoms with Gasteiger partial charge in [-0.05, 0) is 63.7 Å². The lowest BCUT2D eigenvalue weighted by molar-refractivity contribution is 0.477. The number of hydrogen-bond donors (Lipinski definition) is 2. The topological polar surface area (TPSA) is 40.5 Å². The number of phenols is 2. The van der Waals surface area contributed by atoms with E-state index in [9.17, 15) is 10.2 Å². The molecule has 0 unspecified atom stereocenters. The van der Waals surface area contributed by atoms with Crippen molar-refractivity contribution >= 4 is 0 Å². The van der Waals surface area contributed by atoms with Gasteiger partial charge < -0.3 is 10.2 Å². The van der Waals surface area contributed by atoms with Crippen LogP contribution in [0.3, 0.4) is 0 Å². The van der Waals surface area contributed by atoms with Gasteiger partial charge in [0.1, 0.15) is 11.5 Å². The second-order valence-corrected chi connectivity index (χ2v) is 7.78. The lowest BCUT2D eigenvalue weighted by atomic mass is 9.94. The van der Waals surface area contributed by atoms with E-state index < -0.39 is 0 Å². The standard InChI is InChI=1S/C30H22O2/c31-29-15-5-4-14-27(29)26-13-7-12-24(19-26)22-10-6-11-23(18-22)25-16-17-30(32)28(20-25)21-8-2-1-3-9-21/h1-20,31-32H.